The molecule has 0 aliphatic rings. The third kappa shape index (κ3) is 12.8. The molecule has 5 nitrogen and oxygen atoms in total. The first kappa shape index (κ1) is 68.5. The van der Waals surface area contributed by atoms with E-state index in [2.05, 4.69) is 0 Å². The summed E-state index contributed by atoms with van der Waals surface area (Å²) in [6, 6.07) is 26.0. The van der Waals surface area contributed by atoms with E-state index in [1.807, 2.05) is 18.2 Å². The Bertz CT molecular complexity index is 5100. The van der Waals surface area contributed by atoms with Gasteiger partial charge >= 0.3 is 49.4 Å². The minimum atomic E-state index is -5.42. The van der Waals surface area contributed by atoms with E-state index in [0.717, 1.165) is 100 Å². The number of nitriles is 3. The Kier molecular flexibility index (Phi) is 16.0. The van der Waals surface area contributed by atoms with Gasteiger partial charge in [0.1, 0.15) is 6.07 Å². The van der Waals surface area contributed by atoms with Gasteiger partial charge in [0.05, 0.1) is 107 Å². The molecular formula is C71H29F24N5. The number of fused-ring (bicyclic) bond motifs is 6. The molecule has 10 aromatic carbocycles. The van der Waals surface area contributed by atoms with Gasteiger partial charge in [0, 0.05) is 27.1 Å². The average Bonchev–Trinajstić information content (AvgIpc) is 1.59. The standard InChI is InChI=1S/C71H29F24N5/c72-64(73,74)45-12-39(13-46(25-45)65(75,76)77)35-1-5-53-54-6-2-36(40-14-47(66(78,79)80)26-48(15-40)67(81,82)83)21-60(54)99(59(53)20-35)58-29-57(43-10-33(30-96)9-34(11-43)31-97)63(24-44(58)32-98)100-61-22-37(41-16-49(68(84,85)86)27-50(17-41)69(87,88)89)3-7-55(61)56-8-4-38(23-62(56)100)42-18-51(70(90,91)92)28-52(19-42)71(93,94)95/h1-29H. The highest BCUT2D eigenvalue weighted by Gasteiger charge is 2.42. The number of nitrogens with zero attached hydrogens (tertiary/aromatic N) is 5. The van der Waals surface area contributed by atoms with Crippen LogP contribution < -0.4 is 0 Å². The lowest BCUT2D eigenvalue weighted by atomic mass is 9.95. The van der Waals surface area contributed by atoms with Crippen LogP contribution in [-0.2, 0) is 49.4 Å². The van der Waals surface area contributed by atoms with Crippen molar-refractivity contribution < 1.29 is 105 Å². The molecular weight excluding hydrogens is 1380 g/mol. The number of hydrogen-bond acceptors (Lipinski definition) is 3. The van der Waals surface area contributed by atoms with E-state index in [0.29, 0.717) is 48.5 Å². The van der Waals surface area contributed by atoms with Crippen LogP contribution in [-0.4, -0.2) is 9.13 Å². The van der Waals surface area contributed by atoms with Gasteiger partial charge in [0.15, 0.2) is 0 Å². The molecule has 0 unspecified atom stereocenters. The Morgan fingerprint density at radius 3 is 0.680 bits per heavy atom. The molecule has 12 rings (SSSR count). The summed E-state index contributed by atoms with van der Waals surface area (Å²) in [4.78, 5) is 0. The van der Waals surface area contributed by atoms with Crippen molar-refractivity contribution in [3.05, 3.63) is 237 Å². The molecule has 506 valence electrons. The molecule has 0 aliphatic heterocycles. The summed E-state index contributed by atoms with van der Waals surface area (Å²) in [6.07, 6.45) is -43.4. The summed E-state index contributed by atoms with van der Waals surface area (Å²) in [5, 5.41) is 32.2. The number of rotatable bonds is 7. The molecule has 2 heterocycles. The summed E-state index contributed by atoms with van der Waals surface area (Å²) >= 11 is 0. The molecule has 0 N–H and O–H groups in total. The van der Waals surface area contributed by atoms with Gasteiger partial charge in [-0.2, -0.15) is 121 Å². The lowest BCUT2D eigenvalue weighted by Crippen LogP contribution is -2.11. The highest BCUT2D eigenvalue weighted by Crippen LogP contribution is 2.49. The molecule has 0 bridgehead atoms. The number of benzene rings is 10. The topological polar surface area (TPSA) is 81.2 Å². The molecule has 0 saturated carbocycles. The number of halogens is 24. The van der Waals surface area contributed by atoms with Crippen molar-refractivity contribution in [2.24, 2.45) is 0 Å². The number of aromatic nitrogens is 2. The Morgan fingerprint density at radius 2 is 0.460 bits per heavy atom. The van der Waals surface area contributed by atoms with E-state index in [4.69, 9.17) is 0 Å². The van der Waals surface area contributed by atoms with Crippen molar-refractivity contribution in [2.75, 3.05) is 0 Å². The second-order valence-electron chi connectivity index (χ2n) is 22.8. The van der Waals surface area contributed by atoms with Gasteiger partial charge in [-0.15, -0.1) is 0 Å². The zero-order chi connectivity index (χ0) is 72.7. The lowest BCUT2D eigenvalue weighted by Gasteiger charge is -2.20. The summed E-state index contributed by atoms with van der Waals surface area (Å²) in [7, 11) is 0. The SMILES string of the molecule is N#Cc1cc(C#N)cc(-c2cc(-n3c4cc(-c5cc(C(F)(F)F)cc(C(F)(F)F)c5)ccc4c4ccc(-c5cc(C(F)(F)F)cc(C(F)(F)F)c5)cc43)c(C#N)cc2-n2c3cc(-c4cc(C(F)(F)F)cc(C(F)(F)F)c4)ccc3c3ccc(-c4cc(C(F)(F)F)cc(C(F)(F)F)c4)cc32)c1. The van der Waals surface area contributed by atoms with Gasteiger partial charge in [-0.25, -0.2) is 0 Å². The molecule has 0 aliphatic carbocycles. The third-order valence-electron chi connectivity index (χ3n) is 16.4. The molecule has 29 heteroatoms. The predicted molar refractivity (Wildman–Crippen MR) is 316 cm³/mol. The van der Waals surface area contributed by atoms with E-state index in [9.17, 15) is 121 Å². The van der Waals surface area contributed by atoms with Gasteiger partial charge < -0.3 is 9.13 Å². The van der Waals surface area contributed by atoms with Gasteiger partial charge in [-0.05, 0) is 177 Å². The maximum atomic E-state index is 14.5. The highest BCUT2D eigenvalue weighted by molar-refractivity contribution is 6.13. The number of hydrogen-bond donors (Lipinski definition) is 0. The summed E-state index contributed by atoms with van der Waals surface area (Å²) < 4.78 is 349. The second-order valence-corrected chi connectivity index (χ2v) is 22.8. The van der Waals surface area contributed by atoms with Crippen LogP contribution in [0.15, 0.2) is 176 Å². The fourth-order valence-electron chi connectivity index (χ4n) is 11.9. The van der Waals surface area contributed by atoms with Crippen molar-refractivity contribution in [3.63, 3.8) is 0 Å². The van der Waals surface area contributed by atoms with Crippen molar-refractivity contribution >= 4 is 43.6 Å². The Hall–Kier alpha value is -11.4. The Balaban J connectivity index is 1.25. The van der Waals surface area contributed by atoms with Crippen LogP contribution in [0, 0.1) is 34.0 Å². The first-order chi connectivity index (χ1) is 46.4. The number of alkyl halides is 24. The molecule has 0 radical (unpaired) electrons. The van der Waals surface area contributed by atoms with Crippen molar-refractivity contribution in [2.45, 2.75) is 49.4 Å². The van der Waals surface area contributed by atoms with Crippen LogP contribution in [0.25, 0.3) is 111 Å². The summed E-state index contributed by atoms with van der Waals surface area (Å²) in [6.45, 7) is 0. The first-order valence-electron chi connectivity index (χ1n) is 28.3. The lowest BCUT2D eigenvalue weighted by molar-refractivity contribution is -0.144. The van der Waals surface area contributed by atoms with Crippen LogP contribution in [0.4, 0.5) is 105 Å². The average molecular weight is 1410 g/mol. The van der Waals surface area contributed by atoms with Crippen LogP contribution in [0.3, 0.4) is 0 Å². The van der Waals surface area contributed by atoms with Crippen molar-refractivity contribution in [3.8, 4) is 85.2 Å². The van der Waals surface area contributed by atoms with Crippen molar-refractivity contribution in [1.29, 1.82) is 15.8 Å². The maximum absolute atomic E-state index is 14.5. The predicted octanol–water partition coefficient (Wildman–Crippen LogP) is 24.0. The zero-order valence-corrected chi connectivity index (χ0v) is 49.1. The quantitative estimate of drug-likeness (QED) is 0.149. The molecule has 0 fully saturated rings. The Morgan fingerprint density at radius 1 is 0.220 bits per heavy atom. The third-order valence-corrected chi connectivity index (χ3v) is 16.4. The van der Waals surface area contributed by atoms with Gasteiger partial charge in [-0.3, -0.25) is 0 Å². The van der Waals surface area contributed by atoms with Crippen LogP contribution in [0.1, 0.15) is 61.2 Å². The molecule has 0 spiro atoms. The summed E-state index contributed by atoms with van der Waals surface area (Å²) in [5.74, 6) is 0. The van der Waals surface area contributed by atoms with E-state index in [1.54, 1.807) is 0 Å². The molecule has 12 aromatic rings. The van der Waals surface area contributed by atoms with Crippen molar-refractivity contribution in [1.82, 2.24) is 9.13 Å². The molecule has 0 saturated heterocycles. The molecule has 2 aromatic heterocycles. The first-order valence-corrected chi connectivity index (χ1v) is 28.3. The molecule has 0 atom stereocenters. The van der Waals surface area contributed by atoms with E-state index >= 15 is 0 Å². The van der Waals surface area contributed by atoms with E-state index in [-0.39, 0.29) is 90.1 Å². The smallest absolute Gasteiger partial charge is 0.309 e. The molecule has 100 heavy (non-hydrogen) atoms. The second kappa shape index (κ2) is 23.4. The fourth-order valence-corrected chi connectivity index (χ4v) is 11.9. The monoisotopic (exact) mass is 1410 g/mol. The van der Waals surface area contributed by atoms with Gasteiger partial charge in [0.25, 0.3) is 0 Å². The van der Waals surface area contributed by atoms with Crippen LogP contribution >= 0.6 is 0 Å². The normalized spacial score (nSPS) is 13.0. The summed E-state index contributed by atoms with van der Waals surface area (Å²) in [5.41, 5.74) is -22.9. The van der Waals surface area contributed by atoms with Crippen LogP contribution in [0.2, 0.25) is 0 Å². The van der Waals surface area contributed by atoms with Crippen LogP contribution in [0.5, 0.6) is 0 Å². The fraction of sp³-hybridized carbons (Fsp3) is 0.113. The molecule has 0 amide bonds. The largest absolute Gasteiger partial charge is 0.416 e. The van der Waals surface area contributed by atoms with Gasteiger partial charge in [0.2, 0.25) is 0 Å². The minimum absolute atomic E-state index is 0.0284. The highest BCUT2D eigenvalue weighted by atomic mass is 19.4. The van der Waals surface area contributed by atoms with Gasteiger partial charge in [-0.1, -0.05) is 48.5 Å². The van der Waals surface area contributed by atoms with E-state index in [1.165, 1.54) is 12.1 Å². The Labute approximate surface area is 544 Å². The minimum Gasteiger partial charge on any atom is -0.309 e. The zero-order valence-electron chi connectivity index (χ0n) is 49.1. The van der Waals surface area contributed by atoms with E-state index < -0.39 is 155 Å². The maximum Gasteiger partial charge on any atom is 0.416 e.